The van der Waals surface area contributed by atoms with E-state index >= 15 is 0 Å². The topological polar surface area (TPSA) is 0 Å². The van der Waals surface area contributed by atoms with Crippen molar-refractivity contribution in [1.29, 1.82) is 0 Å². The summed E-state index contributed by atoms with van der Waals surface area (Å²) in [6.45, 7) is 5.38. The van der Waals surface area contributed by atoms with Crippen LogP contribution in [0, 0.1) is 0 Å². The molecule has 0 aromatic heterocycles. The van der Waals surface area contributed by atoms with E-state index in [1.807, 2.05) is 19.1 Å². The van der Waals surface area contributed by atoms with Gasteiger partial charge in [-0.1, -0.05) is 25.1 Å². The second kappa shape index (κ2) is 6.15. The van der Waals surface area contributed by atoms with E-state index in [4.69, 9.17) is 0 Å². The quantitative estimate of drug-likeness (QED) is 0.539. The largest absolute Gasteiger partial charge is 0.401 e. The Morgan fingerprint density at radius 1 is 1.29 bits per heavy atom. The molecule has 1 aromatic rings. The van der Waals surface area contributed by atoms with Crippen molar-refractivity contribution in [3.8, 4) is 0 Å². The third-order valence-corrected chi connectivity index (χ3v) is 3.64. The van der Waals surface area contributed by atoms with Gasteiger partial charge in [0.05, 0.1) is 0 Å². The van der Waals surface area contributed by atoms with Crippen molar-refractivity contribution in [1.82, 2.24) is 0 Å². The Morgan fingerprint density at radius 2 is 1.88 bits per heavy atom. The van der Waals surface area contributed by atoms with Crippen molar-refractivity contribution >= 4 is 11.8 Å². The van der Waals surface area contributed by atoms with E-state index in [-0.39, 0.29) is 6.42 Å². The molecule has 0 aliphatic heterocycles. The molecule has 1 aromatic carbocycles. The Hall–Kier alpha value is -0.900. The molecule has 4 heteroatoms. The van der Waals surface area contributed by atoms with Crippen LogP contribution in [0.15, 0.2) is 41.8 Å². The number of thioether (sulfide) groups is 1. The molecule has 1 rings (SSSR count). The number of aryl methyl sites for hydroxylation is 1. The first-order chi connectivity index (χ1) is 7.97. The summed E-state index contributed by atoms with van der Waals surface area (Å²) in [5.41, 5.74) is 1.13. The molecule has 0 N–H and O–H groups in total. The molecule has 1 unspecified atom stereocenters. The standard InChI is InChI=1S/C13H15F3S/c1-3-5-12(13(14,15)16)17-11-8-6-10(4-2)7-9-11/h3,6-9,12H,1,4-5H2,2H3. The summed E-state index contributed by atoms with van der Waals surface area (Å²) in [6.07, 6.45) is -2.06. The zero-order valence-electron chi connectivity index (χ0n) is 9.63. The van der Waals surface area contributed by atoms with E-state index in [2.05, 4.69) is 6.58 Å². The average Bonchev–Trinajstić information content (AvgIpc) is 2.28. The van der Waals surface area contributed by atoms with Crippen molar-refractivity contribution in [3.05, 3.63) is 42.5 Å². The molecule has 1 atom stereocenters. The maximum absolute atomic E-state index is 12.7. The zero-order chi connectivity index (χ0) is 12.9. The molecule has 0 aliphatic carbocycles. The summed E-state index contributed by atoms with van der Waals surface area (Å²) in [5, 5.41) is -1.41. The average molecular weight is 260 g/mol. The summed E-state index contributed by atoms with van der Waals surface area (Å²) in [5.74, 6) is 0. The number of hydrogen-bond acceptors (Lipinski definition) is 1. The number of benzene rings is 1. The van der Waals surface area contributed by atoms with Gasteiger partial charge in [-0.2, -0.15) is 13.2 Å². The molecular formula is C13H15F3S. The van der Waals surface area contributed by atoms with Crippen LogP contribution >= 0.6 is 11.8 Å². The Morgan fingerprint density at radius 3 is 2.29 bits per heavy atom. The first-order valence-corrected chi connectivity index (χ1v) is 6.28. The molecule has 0 aliphatic rings. The molecule has 0 amide bonds. The van der Waals surface area contributed by atoms with Crippen LogP contribution in [0.2, 0.25) is 0 Å². The number of allylic oxidation sites excluding steroid dienone is 1. The zero-order valence-corrected chi connectivity index (χ0v) is 10.4. The van der Waals surface area contributed by atoms with Crippen LogP contribution in [0.3, 0.4) is 0 Å². The molecule has 0 saturated carbocycles. The van der Waals surface area contributed by atoms with Crippen LogP contribution < -0.4 is 0 Å². The van der Waals surface area contributed by atoms with Crippen LogP contribution in [-0.4, -0.2) is 11.4 Å². The van der Waals surface area contributed by atoms with Gasteiger partial charge in [-0.25, -0.2) is 0 Å². The van der Waals surface area contributed by atoms with E-state index in [9.17, 15) is 13.2 Å². The Labute approximate surface area is 104 Å². The van der Waals surface area contributed by atoms with Gasteiger partial charge in [0.1, 0.15) is 5.25 Å². The number of alkyl halides is 3. The fourth-order valence-corrected chi connectivity index (χ4v) is 2.36. The molecule has 0 spiro atoms. The van der Waals surface area contributed by atoms with E-state index in [1.54, 1.807) is 12.1 Å². The Bertz CT molecular complexity index is 354. The lowest BCUT2D eigenvalue weighted by Gasteiger charge is -2.18. The third-order valence-electron chi connectivity index (χ3n) is 2.36. The minimum atomic E-state index is -4.19. The van der Waals surface area contributed by atoms with Gasteiger partial charge in [-0.3, -0.25) is 0 Å². The predicted molar refractivity (Wildman–Crippen MR) is 66.3 cm³/mol. The fraction of sp³-hybridized carbons (Fsp3) is 0.385. The van der Waals surface area contributed by atoms with E-state index in [0.29, 0.717) is 4.90 Å². The summed E-state index contributed by atoms with van der Waals surface area (Å²) in [6, 6.07) is 7.21. The highest BCUT2D eigenvalue weighted by Gasteiger charge is 2.39. The van der Waals surface area contributed by atoms with Gasteiger partial charge < -0.3 is 0 Å². The second-order valence-corrected chi connectivity index (χ2v) is 4.95. The first-order valence-electron chi connectivity index (χ1n) is 5.40. The highest BCUT2D eigenvalue weighted by molar-refractivity contribution is 8.00. The van der Waals surface area contributed by atoms with Gasteiger partial charge in [0.25, 0.3) is 0 Å². The summed E-state index contributed by atoms with van der Waals surface area (Å²) in [4.78, 5) is 0.645. The number of rotatable bonds is 5. The highest BCUT2D eigenvalue weighted by Crippen LogP contribution is 2.37. The van der Waals surface area contributed by atoms with Crippen LogP contribution in [0.1, 0.15) is 18.9 Å². The Kier molecular flexibility index (Phi) is 5.12. The van der Waals surface area contributed by atoms with Gasteiger partial charge >= 0.3 is 6.18 Å². The SMILES string of the molecule is C=CCC(Sc1ccc(CC)cc1)C(F)(F)F. The molecule has 17 heavy (non-hydrogen) atoms. The van der Waals surface area contributed by atoms with Crippen molar-refractivity contribution in [2.75, 3.05) is 0 Å². The smallest absolute Gasteiger partial charge is 0.170 e. The number of halogens is 3. The predicted octanol–water partition coefficient (Wildman–Crippen LogP) is 4.85. The van der Waals surface area contributed by atoms with Crippen LogP contribution in [0.4, 0.5) is 13.2 Å². The highest BCUT2D eigenvalue weighted by atomic mass is 32.2. The third kappa shape index (κ3) is 4.46. The number of hydrogen-bond donors (Lipinski definition) is 0. The van der Waals surface area contributed by atoms with Gasteiger partial charge in [0.15, 0.2) is 0 Å². The van der Waals surface area contributed by atoms with Gasteiger partial charge in [0.2, 0.25) is 0 Å². The summed E-state index contributed by atoms with van der Waals surface area (Å²) < 4.78 is 38.0. The monoisotopic (exact) mass is 260 g/mol. The Balaban J connectivity index is 2.75. The maximum atomic E-state index is 12.7. The van der Waals surface area contributed by atoms with Gasteiger partial charge in [-0.05, 0) is 30.5 Å². The molecule has 94 valence electrons. The van der Waals surface area contributed by atoms with E-state index in [1.165, 1.54) is 6.08 Å². The second-order valence-electron chi connectivity index (χ2n) is 3.67. The summed E-state index contributed by atoms with van der Waals surface area (Å²) >= 11 is 0.843. The molecule has 0 nitrogen and oxygen atoms in total. The lowest BCUT2D eigenvalue weighted by Crippen LogP contribution is -2.24. The molecule has 0 heterocycles. The van der Waals surface area contributed by atoms with Crippen LogP contribution in [0.25, 0.3) is 0 Å². The molecule has 0 saturated heterocycles. The maximum Gasteiger partial charge on any atom is 0.401 e. The molecule has 0 radical (unpaired) electrons. The van der Waals surface area contributed by atoms with Gasteiger partial charge in [-0.15, -0.1) is 18.3 Å². The minimum absolute atomic E-state index is 0.0658. The van der Waals surface area contributed by atoms with E-state index < -0.39 is 11.4 Å². The lowest BCUT2D eigenvalue weighted by atomic mass is 10.2. The molecular weight excluding hydrogens is 245 g/mol. The van der Waals surface area contributed by atoms with Crippen LogP contribution in [0.5, 0.6) is 0 Å². The molecule has 0 fully saturated rings. The minimum Gasteiger partial charge on any atom is -0.170 e. The van der Waals surface area contributed by atoms with Crippen molar-refractivity contribution < 1.29 is 13.2 Å². The van der Waals surface area contributed by atoms with Crippen LogP contribution in [-0.2, 0) is 6.42 Å². The van der Waals surface area contributed by atoms with Crippen molar-refractivity contribution in [3.63, 3.8) is 0 Å². The molecule has 0 bridgehead atoms. The fourth-order valence-electron chi connectivity index (χ4n) is 1.37. The van der Waals surface area contributed by atoms with Crippen molar-refractivity contribution in [2.45, 2.75) is 36.1 Å². The van der Waals surface area contributed by atoms with E-state index in [0.717, 1.165) is 23.7 Å². The van der Waals surface area contributed by atoms with Crippen molar-refractivity contribution in [2.24, 2.45) is 0 Å². The normalized spacial score (nSPS) is 13.4. The lowest BCUT2D eigenvalue weighted by molar-refractivity contribution is -0.127. The first kappa shape index (κ1) is 14.2. The summed E-state index contributed by atoms with van der Waals surface area (Å²) in [7, 11) is 0. The van der Waals surface area contributed by atoms with Gasteiger partial charge in [0, 0.05) is 4.90 Å².